The monoisotopic (exact) mass is 527 g/mol. The third-order valence-electron chi connectivity index (χ3n) is 8.51. The highest BCUT2D eigenvalue weighted by Crippen LogP contribution is 2.36. The minimum atomic E-state index is -0.596. The summed E-state index contributed by atoms with van der Waals surface area (Å²) in [7, 11) is 0. The zero-order valence-corrected chi connectivity index (χ0v) is 26.4. The minimum Gasteiger partial charge on any atom is -0.391 e. The molecule has 1 aromatic rings. The van der Waals surface area contributed by atoms with Crippen LogP contribution < -0.4 is 5.32 Å². The number of carbonyl (C=O) groups is 1. The molecule has 0 bridgehead atoms. The maximum atomic E-state index is 11.7. The van der Waals surface area contributed by atoms with Crippen LogP contribution in [0, 0.1) is 29.6 Å². The number of allylic oxidation sites excluding steroid dienone is 1. The van der Waals surface area contributed by atoms with Crippen LogP contribution in [0.3, 0.4) is 0 Å². The fourth-order valence-electron chi connectivity index (χ4n) is 5.90. The lowest BCUT2D eigenvalue weighted by Crippen LogP contribution is -2.43. The maximum absolute atomic E-state index is 11.7. The topological polar surface area (TPSA) is 49.3 Å². The Hall–Kier alpha value is -1.61. The molecule has 5 atom stereocenters. The van der Waals surface area contributed by atoms with E-state index in [1.165, 1.54) is 42.4 Å². The number of aldehydes is 1. The Kier molecular flexibility index (Phi) is 16.2. The van der Waals surface area contributed by atoms with Gasteiger partial charge in [0.2, 0.25) is 0 Å². The van der Waals surface area contributed by atoms with Crippen LogP contribution in [0.1, 0.15) is 130 Å². The number of hydrogen-bond donors (Lipinski definition) is 2. The highest BCUT2D eigenvalue weighted by molar-refractivity contribution is 5.53. The van der Waals surface area contributed by atoms with Crippen LogP contribution in [0.15, 0.2) is 30.5 Å². The predicted octanol–water partition coefficient (Wildman–Crippen LogP) is 8.88. The van der Waals surface area contributed by atoms with Gasteiger partial charge in [-0.2, -0.15) is 0 Å². The Labute approximate surface area is 236 Å². The molecule has 0 heterocycles. The molecule has 0 aliphatic carbocycles. The van der Waals surface area contributed by atoms with Gasteiger partial charge in [-0.25, -0.2) is 0 Å². The number of carbonyl (C=O) groups excluding carboxylic acids is 1. The van der Waals surface area contributed by atoms with E-state index in [0.717, 1.165) is 37.7 Å². The first kappa shape index (κ1) is 34.4. The second-order valence-electron chi connectivity index (χ2n) is 12.9. The van der Waals surface area contributed by atoms with Crippen molar-refractivity contribution in [1.82, 2.24) is 5.32 Å². The van der Waals surface area contributed by atoms with Gasteiger partial charge in [0, 0.05) is 11.6 Å². The van der Waals surface area contributed by atoms with Gasteiger partial charge in [-0.1, -0.05) is 106 Å². The van der Waals surface area contributed by atoms with E-state index in [2.05, 4.69) is 92.4 Å². The van der Waals surface area contributed by atoms with E-state index in [1.54, 1.807) is 0 Å². The lowest BCUT2D eigenvalue weighted by atomic mass is 9.74. The van der Waals surface area contributed by atoms with Crippen molar-refractivity contribution in [2.75, 3.05) is 0 Å². The van der Waals surface area contributed by atoms with Gasteiger partial charge in [0.1, 0.15) is 6.29 Å². The van der Waals surface area contributed by atoms with Gasteiger partial charge in [-0.05, 0) is 84.8 Å². The van der Waals surface area contributed by atoms with Crippen molar-refractivity contribution < 1.29 is 9.90 Å². The van der Waals surface area contributed by atoms with Gasteiger partial charge in [0.25, 0.3) is 0 Å². The zero-order chi connectivity index (χ0) is 28.8. The van der Waals surface area contributed by atoms with Crippen LogP contribution in [-0.4, -0.2) is 23.5 Å². The van der Waals surface area contributed by atoms with Crippen LogP contribution in [-0.2, 0) is 17.6 Å². The third kappa shape index (κ3) is 11.6. The molecular formula is C35H61NO2. The molecule has 5 unspecified atom stereocenters. The zero-order valence-electron chi connectivity index (χ0n) is 26.4. The van der Waals surface area contributed by atoms with E-state index in [-0.39, 0.29) is 17.9 Å². The third-order valence-corrected chi connectivity index (χ3v) is 8.51. The number of aryl methyl sites for hydroxylation is 2. The number of aliphatic hydroxyl groups is 1. The van der Waals surface area contributed by atoms with Crippen molar-refractivity contribution in [3.8, 4) is 0 Å². The summed E-state index contributed by atoms with van der Waals surface area (Å²) in [5.41, 5.74) is 5.38. The molecule has 0 amide bonds. The SMILES string of the molecule is C=C(CC(C)C)NC(CC(C(C)C)C(C)c1ccc(CC)c(CCCCCC)c1)C(O)CC(C=O)C(C)C. The Balaban J connectivity index is 3.22. The molecule has 0 aromatic heterocycles. The van der Waals surface area contributed by atoms with Gasteiger partial charge >= 0.3 is 0 Å². The lowest BCUT2D eigenvalue weighted by molar-refractivity contribution is -0.113. The van der Waals surface area contributed by atoms with E-state index in [4.69, 9.17) is 0 Å². The first-order valence-electron chi connectivity index (χ1n) is 15.6. The van der Waals surface area contributed by atoms with Crippen molar-refractivity contribution in [2.24, 2.45) is 29.6 Å². The van der Waals surface area contributed by atoms with Gasteiger partial charge < -0.3 is 15.2 Å². The average Bonchev–Trinajstić information content (AvgIpc) is 2.85. The summed E-state index contributed by atoms with van der Waals surface area (Å²) in [6.07, 6.45) is 10.0. The summed E-state index contributed by atoms with van der Waals surface area (Å²) >= 11 is 0. The fraction of sp³-hybridized carbons (Fsp3) is 0.743. The number of aliphatic hydroxyl groups excluding tert-OH is 1. The highest BCUT2D eigenvalue weighted by Gasteiger charge is 2.31. The Bertz CT molecular complexity index is 812. The number of nitrogens with one attached hydrogen (secondary N) is 1. The number of rotatable bonds is 20. The normalized spacial score (nSPS) is 15.9. The molecule has 0 saturated heterocycles. The molecule has 0 saturated carbocycles. The second kappa shape index (κ2) is 17.9. The molecule has 3 nitrogen and oxygen atoms in total. The fourth-order valence-corrected chi connectivity index (χ4v) is 5.90. The summed E-state index contributed by atoms with van der Waals surface area (Å²) < 4.78 is 0. The van der Waals surface area contributed by atoms with Crippen molar-refractivity contribution in [2.45, 2.75) is 138 Å². The van der Waals surface area contributed by atoms with E-state index in [9.17, 15) is 9.90 Å². The molecule has 1 aromatic carbocycles. The molecule has 0 aliphatic rings. The van der Waals surface area contributed by atoms with Crippen LogP contribution in [0.25, 0.3) is 0 Å². The van der Waals surface area contributed by atoms with Crippen LogP contribution in [0.2, 0.25) is 0 Å². The largest absolute Gasteiger partial charge is 0.391 e. The maximum Gasteiger partial charge on any atom is 0.123 e. The summed E-state index contributed by atoms with van der Waals surface area (Å²) in [4.78, 5) is 11.7. The van der Waals surface area contributed by atoms with Crippen LogP contribution >= 0.6 is 0 Å². The smallest absolute Gasteiger partial charge is 0.123 e. The van der Waals surface area contributed by atoms with Crippen LogP contribution in [0.4, 0.5) is 0 Å². The van der Waals surface area contributed by atoms with Crippen molar-refractivity contribution in [1.29, 1.82) is 0 Å². The number of unbranched alkanes of at least 4 members (excludes halogenated alkanes) is 3. The quantitative estimate of drug-likeness (QED) is 0.131. The van der Waals surface area contributed by atoms with E-state index < -0.39 is 6.10 Å². The van der Waals surface area contributed by atoms with E-state index in [1.807, 2.05) is 0 Å². The Morgan fingerprint density at radius 1 is 0.947 bits per heavy atom. The van der Waals surface area contributed by atoms with Gasteiger partial charge in [-0.3, -0.25) is 0 Å². The Morgan fingerprint density at radius 3 is 2.16 bits per heavy atom. The summed E-state index contributed by atoms with van der Waals surface area (Å²) in [6.45, 7) is 24.3. The minimum absolute atomic E-state index is 0.124. The molecule has 0 fully saturated rings. The molecule has 218 valence electrons. The first-order valence-corrected chi connectivity index (χ1v) is 15.6. The molecule has 38 heavy (non-hydrogen) atoms. The van der Waals surface area contributed by atoms with Gasteiger partial charge in [0.05, 0.1) is 12.1 Å². The lowest BCUT2D eigenvalue weighted by Gasteiger charge is -2.36. The predicted molar refractivity (Wildman–Crippen MR) is 166 cm³/mol. The summed E-state index contributed by atoms with van der Waals surface area (Å²) in [6, 6.07) is 7.04. The van der Waals surface area contributed by atoms with Crippen molar-refractivity contribution in [3.05, 3.63) is 47.2 Å². The molecular weight excluding hydrogens is 466 g/mol. The molecule has 1 rings (SSSR count). The second-order valence-corrected chi connectivity index (χ2v) is 12.9. The Morgan fingerprint density at radius 2 is 1.63 bits per heavy atom. The van der Waals surface area contributed by atoms with E-state index >= 15 is 0 Å². The summed E-state index contributed by atoms with van der Waals surface area (Å²) in [5, 5.41) is 15.0. The van der Waals surface area contributed by atoms with Crippen LogP contribution in [0.5, 0.6) is 0 Å². The average molecular weight is 528 g/mol. The van der Waals surface area contributed by atoms with Gasteiger partial charge in [-0.15, -0.1) is 0 Å². The molecule has 0 radical (unpaired) electrons. The van der Waals surface area contributed by atoms with E-state index in [0.29, 0.717) is 30.1 Å². The van der Waals surface area contributed by atoms with Gasteiger partial charge in [0.15, 0.2) is 0 Å². The number of hydrogen-bond acceptors (Lipinski definition) is 3. The standard InChI is InChI=1S/C35H61NO2/c1-11-13-14-15-16-31-20-30(18-17-29(31)12-2)28(10)33(26(7)8)22-34(36-27(9)19-24(3)4)35(38)21-32(23-37)25(5)6/h17-18,20,23-26,28,32-36,38H,9,11-16,19,21-22H2,1-8,10H3. The highest BCUT2D eigenvalue weighted by atomic mass is 16.3. The van der Waals surface area contributed by atoms with Crippen molar-refractivity contribution in [3.63, 3.8) is 0 Å². The van der Waals surface area contributed by atoms with Crippen molar-refractivity contribution >= 4 is 6.29 Å². The summed E-state index contributed by atoms with van der Waals surface area (Å²) in [5.74, 6) is 1.80. The molecule has 0 spiro atoms. The molecule has 0 aliphatic heterocycles. The number of benzene rings is 1. The molecule has 3 heteroatoms. The molecule has 2 N–H and O–H groups in total. The first-order chi connectivity index (χ1) is 17.9.